The molecule has 0 spiro atoms. The molecule has 1 rings (SSSR count). The van der Waals surface area contributed by atoms with Crippen molar-refractivity contribution in [2.24, 2.45) is 0 Å². The average Bonchev–Trinajstić information content (AvgIpc) is 2.35. The zero-order chi connectivity index (χ0) is 14.6. The second-order valence-corrected chi connectivity index (χ2v) is 4.82. The first-order valence-electron chi connectivity index (χ1n) is 5.74. The van der Waals surface area contributed by atoms with E-state index < -0.39 is 11.9 Å². The molecule has 1 N–H and O–H groups in total. The van der Waals surface area contributed by atoms with Crippen LogP contribution in [0.4, 0.5) is 0 Å². The number of carbonyl (C=O) groups is 2. The second kappa shape index (κ2) is 6.73. The highest BCUT2D eigenvalue weighted by Crippen LogP contribution is 2.14. The van der Waals surface area contributed by atoms with E-state index in [-0.39, 0.29) is 21.8 Å². The molecular formula is C12H15Cl2N3O2. The fourth-order valence-corrected chi connectivity index (χ4v) is 1.88. The summed E-state index contributed by atoms with van der Waals surface area (Å²) in [6, 6.07) is 2.16. The smallest absolute Gasteiger partial charge is 0.252 e. The number of nitrogens with one attached hydrogen (secondary N) is 1. The molecule has 0 aliphatic carbocycles. The number of aromatic nitrogens is 1. The maximum atomic E-state index is 11.9. The van der Waals surface area contributed by atoms with E-state index in [1.807, 2.05) is 6.92 Å². The number of amides is 2. The van der Waals surface area contributed by atoms with Crippen LogP contribution < -0.4 is 5.32 Å². The van der Waals surface area contributed by atoms with Gasteiger partial charge >= 0.3 is 0 Å². The van der Waals surface area contributed by atoms with Crippen molar-refractivity contribution < 1.29 is 9.59 Å². The van der Waals surface area contributed by atoms with Crippen LogP contribution in [0.15, 0.2) is 12.1 Å². The van der Waals surface area contributed by atoms with Gasteiger partial charge in [-0.05, 0) is 26.0 Å². The van der Waals surface area contributed by atoms with Gasteiger partial charge in [-0.1, -0.05) is 23.2 Å². The molecule has 1 atom stereocenters. The minimum atomic E-state index is -0.622. The standard InChI is InChI=1S/C12H15Cl2N3O2/c1-4-17(3)12(19)7(2)15-11(18)8-5-9(13)16-10(14)6-8/h5-7H,4H2,1-3H3,(H,15,18). The third kappa shape index (κ3) is 4.36. The van der Waals surface area contributed by atoms with Crippen molar-refractivity contribution in [2.45, 2.75) is 19.9 Å². The molecule has 1 aromatic rings. The minimum absolute atomic E-state index is 0.127. The lowest BCUT2D eigenvalue weighted by molar-refractivity contribution is -0.131. The highest BCUT2D eigenvalue weighted by Gasteiger charge is 2.19. The molecule has 1 heterocycles. The van der Waals surface area contributed by atoms with E-state index in [0.29, 0.717) is 6.54 Å². The first-order chi connectivity index (χ1) is 8.85. The summed E-state index contributed by atoms with van der Waals surface area (Å²) in [6.45, 7) is 4.05. The van der Waals surface area contributed by atoms with Crippen LogP contribution in [-0.4, -0.2) is 41.3 Å². The van der Waals surface area contributed by atoms with Crippen LogP contribution >= 0.6 is 23.2 Å². The fraction of sp³-hybridized carbons (Fsp3) is 0.417. The van der Waals surface area contributed by atoms with Crippen LogP contribution in [0.1, 0.15) is 24.2 Å². The summed E-state index contributed by atoms with van der Waals surface area (Å²) >= 11 is 11.4. The molecule has 2 amide bonds. The molecule has 0 saturated heterocycles. The molecule has 0 bridgehead atoms. The lowest BCUT2D eigenvalue weighted by Crippen LogP contribution is -2.45. The van der Waals surface area contributed by atoms with E-state index >= 15 is 0 Å². The van der Waals surface area contributed by atoms with Crippen LogP contribution in [0.2, 0.25) is 10.3 Å². The zero-order valence-corrected chi connectivity index (χ0v) is 12.4. The molecule has 0 fully saturated rings. The Labute approximate surface area is 121 Å². The Morgan fingerprint density at radius 1 is 1.37 bits per heavy atom. The first-order valence-corrected chi connectivity index (χ1v) is 6.49. The molecule has 1 unspecified atom stereocenters. The van der Waals surface area contributed by atoms with Gasteiger partial charge in [0.15, 0.2) is 0 Å². The number of halogens is 2. The third-order valence-electron chi connectivity index (χ3n) is 2.59. The molecule has 0 radical (unpaired) electrons. The molecular weight excluding hydrogens is 289 g/mol. The lowest BCUT2D eigenvalue weighted by Gasteiger charge is -2.20. The van der Waals surface area contributed by atoms with Crippen molar-refractivity contribution in [1.82, 2.24) is 15.2 Å². The van der Waals surface area contributed by atoms with Gasteiger partial charge in [-0.3, -0.25) is 9.59 Å². The van der Waals surface area contributed by atoms with Crippen LogP contribution in [0, 0.1) is 0 Å². The number of likely N-dealkylation sites (N-methyl/N-ethyl adjacent to an activating group) is 1. The number of hydrogen-bond donors (Lipinski definition) is 1. The number of pyridine rings is 1. The van der Waals surface area contributed by atoms with Crippen LogP contribution in [-0.2, 0) is 4.79 Å². The number of rotatable bonds is 4. The van der Waals surface area contributed by atoms with E-state index in [1.54, 1.807) is 14.0 Å². The van der Waals surface area contributed by atoms with Crippen molar-refractivity contribution in [3.63, 3.8) is 0 Å². The lowest BCUT2D eigenvalue weighted by atomic mass is 10.2. The molecule has 19 heavy (non-hydrogen) atoms. The van der Waals surface area contributed by atoms with E-state index in [1.165, 1.54) is 17.0 Å². The van der Waals surface area contributed by atoms with Crippen molar-refractivity contribution in [2.75, 3.05) is 13.6 Å². The van der Waals surface area contributed by atoms with Crippen molar-refractivity contribution >= 4 is 35.0 Å². The maximum absolute atomic E-state index is 11.9. The molecule has 104 valence electrons. The molecule has 5 nitrogen and oxygen atoms in total. The summed E-state index contributed by atoms with van der Waals surface area (Å²) in [6.07, 6.45) is 0. The molecule has 0 aliphatic heterocycles. The Balaban J connectivity index is 2.77. The van der Waals surface area contributed by atoms with Crippen molar-refractivity contribution in [3.8, 4) is 0 Å². The monoisotopic (exact) mass is 303 g/mol. The van der Waals surface area contributed by atoms with Gasteiger partial charge in [0.2, 0.25) is 5.91 Å². The van der Waals surface area contributed by atoms with Gasteiger partial charge < -0.3 is 10.2 Å². The predicted molar refractivity (Wildman–Crippen MR) is 74.5 cm³/mol. The predicted octanol–water partition coefficient (Wildman–Crippen LogP) is 1.98. The van der Waals surface area contributed by atoms with Gasteiger partial charge in [0, 0.05) is 19.2 Å². The van der Waals surface area contributed by atoms with E-state index in [0.717, 1.165) is 0 Å². The van der Waals surface area contributed by atoms with E-state index in [9.17, 15) is 9.59 Å². The van der Waals surface area contributed by atoms with Crippen LogP contribution in [0.25, 0.3) is 0 Å². The Morgan fingerprint density at radius 2 is 1.89 bits per heavy atom. The third-order valence-corrected chi connectivity index (χ3v) is 2.98. The second-order valence-electron chi connectivity index (χ2n) is 4.05. The van der Waals surface area contributed by atoms with Crippen molar-refractivity contribution in [3.05, 3.63) is 28.0 Å². The fourth-order valence-electron chi connectivity index (χ4n) is 1.42. The number of hydrogen-bond acceptors (Lipinski definition) is 3. The Kier molecular flexibility index (Phi) is 5.57. The highest BCUT2D eigenvalue weighted by molar-refractivity contribution is 6.33. The molecule has 0 saturated carbocycles. The molecule has 0 aliphatic rings. The Morgan fingerprint density at radius 3 is 2.37 bits per heavy atom. The summed E-state index contributed by atoms with van der Waals surface area (Å²) in [5, 5.41) is 2.84. The topological polar surface area (TPSA) is 62.3 Å². The van der Waals surface area contributed by atoms with Gasteiger partial charge in [-0.25, -0.2) is 4.98 Å². The Bertz CT molecular complexity index is 474. The van der Waals surface area contributed by atoms with Gasteiger partial charge in [0.05, 0.1) is 0 Å². The Hall–Kier alpha value is -1.33. The van der Waals surface area contributed by atoms with E-state index in [4.69, 9.17) is 23.2 Å². The SMILES string of the molecule is CCN(C)C(=O)C(C)NC(=O)c1cc(Cl)nc(Cl)c1. The van der Waals surface area contributed by atoms with Gasteiger partial charge in [-0.15, -0.1) is 0 Å². The zero-order valence-electron chi connectivity index (χ0n) is 10.9. The first kappa shape index (κ1) is 15.7. The summed E-state index contributed by atoms with van der Waals surface area (Å²) in [5.41, 5.74) is 0.267. The molecule has 7 heteroatoms. The normalized spacial score (nSPS) is 11.8. The quantitative estimate of drug-likeness (QED) is 0.865. The molecule has 1 aromatic heterocycles. The average molecular weight is 304 g/mol. The maximum Gasteiger partial charge on any atom is 0.252 e. The number of carbonyl (C=O) groups excluding carboxylic acids is 2. The van der Waals surface area contributed by atoms with E-state index in [2.05, 4.69) is 10.3 Å². The van der Waals surface area contributed by atoms with Gasteiger partial charge in [0.25, 0.3) is 5.91 Å². The van der Waals surface area contributed by atoms with Gasteiger partial charge in [-0.2, -0.15) is 0 Å². The summed E-state index contributed by atoms with van der Waals surface area (Å²) in [5.74, 6) is -0.585. The van der Waals surface area contributed by atoms with Gasteiger partial charge in [0.1, 0.15) is 16.3 Å². The minimum Gasteiger partial charge on any atom is -0.344 e. The summed E-state index contributed by atoms with van der Waals surface area (Å²) < 4.78 is 0. The molecule has 0 aromatic carbocycles. The summed E-state index contributed by atoms with van der Waals surface area (Å²) in [4.78, 5) is 29.0. The number of nitrogens with zero attached hydrogens (tertiary/aromatic N) is 2. The highest BCUT2D eigenvalue weighted by atomic mass is 35.5. The van der Waals surface area contributed by atoms with Crippen molar-refractivity contribution in [1.29, 1.82) is 0 Å². The van der Waals surface area contributed by atoms with Crippen LogP contribution in [0.5, 0.6) is 0 Å². The summed E-state index contributed by atoms with van der Waals surface area (Å²) in [7, 11) is 1.67. The van der Waals surface area contributed by atoms with Crippen LogP contribution in [0.3, 0.4) is 0 Å². The largest absolute Gasteiger partial charge is 0.344 e.